The van der Waals surface area contributed by atoms with Crippen LogP contribution in [0.5, 0.6) is 0 Å². The van der Waals surface area contributed by atoms with Crippen molar-refractivity contribution >= 4 is 17.4 Å². The van der Waals surface area contributed by atoms with Gasteiger partial charge in [0.25, 0.3) is 5.91 Å². The van der Waals surface area contributed by atoms with Gasteiger partial charge < -0.3 is 15.1 Å². The Kier molecular flexibility index (Phi) is 4.56. The van der Waals surface area contributed by atoms with Gasteiger partial charge in [-0.2, -0.15) is 0 Å². The van der Waals surface area contributed by atoms with Gasteiger partial charge in [0.05, 0.1) is 12.8 Å². The molecule has 0 bridgehead atoms. The largest absolute Gasteiger partial charge is 0.467 e. The summed E-state index contributed by atoms with van der Waals surface area (Å²) < 4.78 is 5.16. The van der Waals surface area contributed by atoms with Gasteiger partial charge >= 0.3 is 0 Å². The summed E-state index contributed by atoms with van der Waals surface area (Å²) in [6.07, 6.45) is 1.56. The lowest BCUT2D eigenvalue weighted by atomic mass is 10.1. The van der Waals surface area contributed by atoms with E-state index >= 15 is 0 Å². The molecule has 24 heavy (non-hydrogen) atoms. The minimum atomic E-state index is -0.294. The van der Waals surface area contributed by atoms with E-state index < -0.39 is 0 Å². The second-order valence-electron chi connectivity index (χ2n) is 5.51. The molecule has 0 radical (unpaired) electrons. The van der Waals surface area contributed by atoms with Crippen molar-refractivity contribution in [3.05, 3.63) is 71.3 Å². The molecule has 2 aromatic heterocycles. The van der Waals surface area contributed by atoms with Gasteiger partial charge in [-0.1, -0.05) is 17.7 Å². The molecule has 0 unspecified atom stereocenters. The highest BCUT2D eigenvalue weighted by Crippen LogP contribution is 2.19. The van der Waals surface area contributed by atoms with Crippen molar-refractivity contribution in [2.24, 2.45) is 0 Å². The van der Waals surface area contributed by atoms with Gasteiger partial charge in [0.2, 0.25) is 0 Å². The first kappa shape index (κ1) is 15.7. The Morgan fingerprint density at radius 3 is 2.67 bits per heavy atom. The van der Waals surface area contributed by atoms with E-state index in [1.807, 2.05) is 26.0 Å². The van der Waals surface area contributed by atoms with E-state index in [9.17, 15) is 4.79 Å². The fraction of sp³-hybridized carbons (Fsp3) is 0.167. The quantitative estimate of drug-likeness (QED) is 0.753. The van der Waals surface area contributed by atoms with Crippen LogP contribution in [0, 0.1) is 13.8 Å². The van der Waals surface area contributed by atoms with Crippen molar-refractivity contribution in [1.82, 2.24) is 15.5 Å². The Bertz CT molecular complexity index is 827. The standard InChI is InChI=1S/C18H18N4O2/c1-12-5-6-15(13(2)10-12)20-17-8-7-16(21-22-17)18(23)19-11-14-4-3-9-24-14/h3-10H,11H2,1-2H3,(H,19,23)(H,20,22). The molecule has 3 rings (SSSR count). The molecule has 0 spiro atoms. The number of nitrogens with zero attached hydrogens (tertiary/aromatic N) is 2. The molecule has 122 valence electrons. The van der Waals surface area contributed by atoms with Crippen molar-refractivity contribution < 1.29 is 9.21 Å². The minimum absolute atomic E-state index is 0.257. The van der Waals surface area contributed by atoms with Crippen molar-refractivity contribution in [1.29, 1.82) is 0 Å². The number of benzene rings is 1. The Hall–Kier alpha value is -3.15. The van der Waals surface area contributed by atoms with Gasteiger partial charge in [-0.15, -0.1) is 10.2 Å². The lowest BCUT2D eigenvalue weighted by Gasteiger charge is -2.09. The minimum Gasteiger partial charge on any atom is -0.467 e. The summed E-state index contributed by atoms with van der Waals surface area (Å²) in [6, 6.07) is 13.0. The topological polar surface area (TPSA) is 80.0 Å². The zero-order chi connectivity index (χ0) is 16.9. The monoisotopic (exact) mass is 322 g/mol. The third-order valence-corrected chi connectivity index (χ3v) is 3.55. The molecule has 0 aliphatic rings. The Morgan fingerprint density at radius 2 is 2.00 bits per heavy atom. The van der Waals surface area contributed by atoms with Crippen LogP contribution in [0.25, 0.3) is 0 Å². The molecule has 0 saturated carbocycles. The summed E-state index contributed by atoms with van der Waals surface area (Å²) in [6.45, 7) is 4.39. The molecule has 2 heterocycles. The number of carbonyl (C=O) groups excluding carboxylic acids is 1. The van der Waals surface area contributed by atoms with Gasteiger partial charge in [0.15, 0.2) is 11.5 Å². The number of aromatic nitrogens is 2. The zero-order valence-electron chi connectivity index (χ0n) is 13.5. The number of rotatable bonds is 5. The maximum absolute atomic E-state index is 12.0. The van der Waals surface area contributed by atoms with Crippen LogP contribution in [0.2, 0.25) is 0 Å². The summed E-state index contributed by atoms with van der Waals surface area (Å²) in [7, 11) is 0. The van der Waals surface area contributed by atoms with E-state index in [1.165, 1.54) is 5.56 Å². The van der Waals surface area contributed by atoms with Gasteiger partial charge in [0, 0.05) is 5.69 Å². The van der Waals surface area contributed by atoms with E-state index in [1.54, 1.807) is 30.5 Å². The van der Waals surface area contributed by atoms with Crippen molar-refractivity contribution in [2.75, 3.05) is 5.32 Å². The Morgan fingerprint density at radius 1 is 1.12 bits per heavy atom. The second kappa shape index (κ2) is 6.95. The molecule has 1 amide bonds. The molecule has 0 fully saturated rings. The normalized spacial score (nSPS) is 10.4. The average Bonchev–Trinajstić information content (AvgIpc) is 3.09. The molecule has 0 atom stereocenters. The smallest absolute Gasteiger partial charge is 0.272 e. The van der Waals surface area contributed by atoms with Crippen LogP contribution < -0.4 is 10.6 Å². The summed E-state index contributed by atoms with van der Waals surface area (Å²) >= 11 is 0. The number of anilines is 2. The number of nitrogens with one attached hydrogen (secondary N) is 2. The van der Waals surface area contributed by atoms with Gasteiger partial charge in [0.1, 0.15) is 5.76 Å². The fourth-order valence-corrected chi connectivity index (χ4v) is 2.28. The van der Waals surface area contributed by atoms with Crippen LogP contribution in [-0.4, -0.2) is 16.1 Å². The SMILES string of the molecule is Cc1ccc(Nc2ccc(C(=O)NCc3ccco3)nn2)c(C)c1. The van der Waals surface area contributed by atoms with Crippen molar-refractivity contribution in [2.45, 2.75) is 20.4 Å². The van der Waals surface area contributed by atoms with Gasteiger partial charge in [-0.25, -0.2) is 0 Å². The number of furan rings is 1. The van der Waals surface area contributed by atoms with Gasteiger partial charge in [-0.05, 0) is 49.7 Å². The van der Waals surface area contributed by atoms with E-state index in [2.05, 4.69) is 26.9 Å². The molecule has 0 aliphatic heterocycles. The lowest BCUT2D eigenvalue weighted by Crippen LogP contribution is -2.23. The molecule has 6 heteroatoms. The number of hydrogen-bond donors (Lipinski definition) is 2. The zero-order valence-corrected chi connectivity index (χ0v) is 13.5. The van der Waals surface area contributed by atoms with Gasteiger partial charge in [-0.3, -0.25) is 4.79 Å². The van der Waals surface area contributed by atoms with Crippen LogP contribution in [0.1, 0.15) is 27.4 Å². The van der Waals surface area contributed by atoms with E-state index in [-0.39, 0.29) is 11.6 Å². The molecule has 0 aliphatic carbocycles. The van der Waals surface area contributed by atoms with Crippen LogP contribution in [0.3, 0.4) is 0 Å². The van der Waals surface area contributed by atoms with Crippen LogP contribution in [-0.2, 0) is 6.54 Å². The second-order valence-corrected chi connectivity index (χ2v) is 5.51. The molecular weight excluding hydrogens is 304 g/mol. The highest BCUT2D eigenvalue weighted by atomic mass is 16.3. The van der Waals surface area contributed by atoms with E-state index in [4.69, 9.17) is 4.42 Å². The maximum atomic E-state index is 12.0. The Labute approximate surface area is 139 Å². The highest BCUT2D eigenvalue weighted by molar-refractivity contribution is 5.92. The van der Waals surface area contributed by atoms with Crippen LogP contribution in [0.15, 0.2) is 53.1 Å². The first-order valence-corrected chi connectivity index (χ1v) is 7.60. The predicted molar refractivity (Wildman–Crippen MR) is 91.1 cm³/mol. The molecule has 6 nitrogen and oxygen atoms in total. The van der Waals surface area contributed by atoms with Crippen LogP contribution in [0.4, 0.5) is 11.5 Å². The lowest BCUT2D eigenvalue weighted by molar-refractivity contribution is 0.0942. The highest BCUT2D eigenvalue weighted by Gasteiger charge is 2.09. The summed E-state index contributed by atoms with van der Waals surface area (Å²) in [5.41, 5.74) is 3.54. The summed E-state index contributed by atoms with van der Waals surface area (Å²) in [5, 5.41) is 14.0. The molecule has 3 aromatic rings. The van der Waals surface area contributed by atoms with Crippen LogP contribution >= 0.6 is 0 Å². The molecular formula is C18H18N4O2. The number of amides is 1. The predicted octanol–water partition coefficient (Wildman–Crippen LogP) is 3.36. The molecule has 2 N–H and O–H groups in total. The van der Waals surface area contributed by atoms with Crippen molar-refractivity contribution in [3.63, 3.8) is 0 Å². The number of hydrogen-bond acceptors (Lipinski definition) is 5. The third-order valence-electron chi connectivity index (χ3n) is 3.55. The van der Waals surface area contributed by atoms with Crippen molar-refractivity contribution in [3.8, 4) is 0 Å². The third kappa shape index (κ3) is 3.78. The van der Waals surface area contributed by atoms with E-state index in [0.29, 0.717) is 18.1 Å². The fourth-order valence-electron chi connectivity index (χ4n) is 2.28. The molecule has 0 saturated heterocycles. The summed E-state index contributed by atoms with van der Waals surface area (Å²) in [5.74, 6) is 0.978. The Balaban J connectivity index is 1.63. The number of aryl methyl sites for hydroxylation is 2. The first-order valence-electron chi connectivity index (χ1n) is 7.60. The maximum Gasteiger partial charge on any atom is 0.272 e. The summed E-state index contributed by atoms with van der Waals surface area (Å²) in [4.78, 5) is 12.0. The average molecular weight is 322 g/mol. The van der Waals surface area contributed by atoms with E-state index in [0.717, 1.165) is 11.3 Å². The molecule has 1 aromatic carbocycles. The first-order chi connectivity index (χ1) is 11.6. The number of carbonyl (C=O) groups is 1.